The second-order valence-electron chi connectivity index (χ2n) is 5.32. The third kappa shape index (κ3) is 4.93. The molecule has 1 heterocycles. The summed E-state index contributed by atoms with van der Waals surface area (Å²) in [4.78, 5) is 2.36. The molecule has 0 aromatic heterocycles. The Labute approximate surface area is 126 Å². The minimum atomic E-state index is -0.293. The molecule has 1 saturated heterocycles. The summed E-state index contributed by atoms with van der Waals surface area (Å²) >= 11 is 0. The lowest BCUT2D eigenvalue weighted by Gasteiger charge is -2.33. The van der Waals surface area contributed by atoms with Crippen LogP contribution < -0.4 is 10.5 Å². The van der Waals surface area contributed by atoms with Crippen LogP contribution in [0.15, 0.2) is 24.3 Å². The molecular weight excluding hydrogens is 279 g/mol. The van der Waals surface area contributed by atoms with E-state index in [2.05, 4.69) is 11.8 Å². The van der Waals surface area contributed by atoms with Crippen LogP contribution in [0, 0.1) is 11.7 Å². The van der Waals surface area contributed by atoms with Crippen molar-refractivity contribution in [3.05, 3.63) is 30.1 Å². The summed E-state index contributed by atoms with van der Waals surface area (Å²) in [5.74, 6) is 0.690. The van der Waals surface area contributed by atoms with Crippen LogP contribution in [-0.2, 0) is 0 Å². The van der Waals surface area contributed by atoms with Gasteiger partial charge in [-0.2, -0.15) is 0 Å². The molecule has 1 aromatic carbocycles. The maximum Gasteiger partial charge on any atom is 0.165 e. The molecule has 2 N–H and O–H groups in total. The van der Waals surface area contributed by atoms with Gasteiger partial charge in [0.15, 0.2) is 11.6 Å². The lowest BCUT2D eigenvalue weighted by molar-refractivity contribution is 0.145. The molecule has 1 aliphatic heterocycles. The number of hydrogen-bond acceptors (Lipinski definition) is 3. The number of piperidine rings is 1. The topological polar surface area (TPSA) is 38.5 Å². The predicted octanol–water partition coefficient (Wildman–Crippen LogP) is 2.69. The van der Waals surface area contributed by atoms with Crippen LogP contribution in [0.3, 0.4) is 0 Å². The number of halogens is 2. The van der Waals surface area contributed by atoms with E-state index in [1.807, 2.05) is 0 Å². The minimum absolute atomic E-state index is 0. The van der Waals surface area contributed by atoms with E-state index < -0.39 is 0 Å². The van der Waals surface area contributed by atoms with E-state index in [0.717, 1.165) is 32.5 Å². The summed E-state index contributed by atoms with van der Waals surface area (Å²) < 4.78 is 18.8. The van der Waals surface area contributed by atoms with Gasteiger partial charge in [-0.15, -0.1) is 12.4 Å². The van der Waals surface area contributed by atoms with Crippen LogP contribution in [0.5, 0.6) is 5.75 Å². The highest BCUT2D eigenvalue weighted by Crippen LogP contribution is 2.19. The summed E-state index contributed by atoms with van der Waals surface area (Å²) in [6, 6.07) is 6.83. The van der Waals surface area contributed by atoms with E-state index in [4.69, 9.17) is 10.5 Å². The Kier molecular flexibility index (Phi) is 7.27. The molecule has 3 nitrogen and oxygen atoms in total. The van der Waals surface area contributed by atoms with Gasteiger partial charge in [-0.25, -0.2) is 4.39 Å². The van der Waals surface area contributed by atoms with E-state index in [-0.39, 0.29) is 24.3 Å². The molecule has 0 amide bonds. The van der Waals surface area contributed by atoms with Crippen molar-refractivity contribution < 1.29 is 9.13 Å². The number of benzene rings is 1. The molecule has 0 radical (unpaired) electrons. The average molecular weight is 303 g/mol. The number of hydrogen-bond donors (Lipinski definition) is 1. The number of likely N-dealkylation sites (tertiary alicyclic amines) is 1. The molecule has 0 saturated carbocycles. The zero-order chi connectivity index (χ0) is 13.7. The molecule has 1 aromatic rings. The Hall–Kier alpha value is -0.840. The van der Waals surface area contributed by atoms with Gasteiger partial charge in [-0.1, -0.05) is 12.1 Å². The number of rotatable bonds is 5. The van der Waals surface area contributed by atoms with Gasteiger partial charge < -0.3 is 10.5 Å². The molecule has 1 atom stereocenters. The van der Waals surface area contributed by atoms with Crippen molar-refractivity contribution in [3.8, 4) is 5.75 Å². The van der Waals surface area contributed by atoms with Crippen molar-refractivity contribution in [1.82, 2.24) is 4.90 Å². The predicted molar refractivity (Wildman–Crippen MR) is 82.0 cm³/mol. The van der Waals surface area contributed by atoms with Gasteiger partial charge in [0.2, 0.25) is 0 Å². The number of ether oxygens (including phenoxy) is 1. The van der Waals surface area contributed by atoms with Crippen molar-refractivity contribution in [3.63, 3.8) is 0 Å². The van der Waals surface area contributed by atoms with Crippen LogP contribution in [0.2, 0.25) is 0 Å². The Bertz CT molecular complexity index is 395. The molecule has 1 unspecified atom stereocenters. The number of para-hydroxylation sites is 1. The van der Waals surface area contributed by atoms with Gasteiger partial charge in [-0.3, -0.25) is 4.90 Å². The van der Waals surface area contributed by atoms with Gasteiger partial charge >= 0.3 is 0 Å². The lowest BCUT2D eigenvalue weighted by Crippen LogP contribution is -2.41. The van der Waals surface area contributed by atoms with Gasteiger partial charge in [-0.05, 0) is 50.9 Å². The monoisotopic (exact) mass is 302 g/mol. The summed E-state index contributed by atoms with van der Waals surface area (Å²) in [7, 11) is 0. The quantitative estimate of drug-likeness (QED) is 0.909. The summed E-state index contributed by atoms with van der Waals surface area (Å²) in [5, 5.41) is 0. The minimum Gasteiger partial charge on any atom is -0.489 e. The Morgan fingerprint density at radius 2 is 2.00 bits per heavy atom. The van der Waals surface area contributed by atoms with Crippen LogP contribution in [0.4, 0.5) is 4.39 Å². The molecule has 2 rings (SSSR count). The van der Waals surface area contributed by atoms with Crippen molar-refractivity contribution >= 4 is 12.4 Å². The maximum atomic E-state index is 13.3. The lowest BCUT2D eigenvalue weighted by atomic mass is 9.91. The van der Waals surface area contributed by atoms with E-state index in [1.165, 1.54) is 6.07 Å². The van der Waals surface area contributed by atoms with Crippen molar-refractivity contribution in [2.75, 3.05) is 26.2 Å². The fourth-order valence-electron chi connectivity index (χ4n) is 2.55. The van der Waals surface area contributed by atoms with E-state index >= 15 is 0 Å². The smallest absolute Gasteiger partial charge is 0.165 e. The molecule has 0 aliphatic carbocycles. The molecule has 1 aliphatic rings. The zero-order valence-electron chi connectivity index (χ0n) is 11.9. The first-order valence-corrected chi connectivity index (χ1v) is 7.02. The Morgan fingerprint density at radius 1 is 1.35 bits per heavy atom. The highest BCUT2D eigenvalue weighted by atomic mass is 35.5. The van der Waals surface area contributed by atoms with Crippen LogP contribution in [0.1, 0.15) is 19.8 Å². The van der Waals surface area contributed by atoms with Gasteiger partial charge in [0.05, 0.1) is 0 Å². The molecular formula is C15H24ClFN2O. The normalized spacial score (nSPS) is 18.4. The first kappa shape index (κ1) is 17.2. The van der Waals surface area contributed by atoms with E-state index in [0.29, 0.717) is 18.3 Å². The van der Waals surface area contributed by atoms with Gasteiger partial charge in [0.25, 0.3) is 0 Å². The average Bonchev–Trinajstić information content (AvgIpc) is 2.41. The van der Waals surface area contributed by atoms with Crippen LogP contribution in [0.25, 0.3) is 0 Å². The van der Waals surface area contributed by atoms with Crippen molar-refractivity contribution in [2.45, 2.75) is 25.8 Å². The first-order chi connectivity index (χ1) is 9.16. The maximum absolute atomic E-state index is 13.3. The SMILES string of the molecule is CC(N)C1CCN(CCOc2ccccc2F)CC1.Cl. The number of nitrogens with zero attached hydrogens (tertiary/aromatic N) is 1. The van der Waals surface area contributed by atoms with Crippen LogP contribution in [-0.4, -0.2) is 37.2 Å². The van der Waals surface area contributed by atoms with Crippen molar-refractivity contribution in [1.29, 1.82) is 0 Å². The molecule has 0 bridgehead atoms. The molecule has 5 heteroatoms. The van der Waals surface area contributed by atoms with Gasteiger partial charge in [0.1, 0.15) is 6.61 Å². The largest absolute Gasteiger partial charge is 0.489 e. The molecule has 1 fully saturated rings. The standard InChI is InChI=1S/C15H23FN2O.ClH/c1-12(17)13-6-8-18(9-7-13)10-11-19-15-5-3-2-4-14(15)16;/h2-5,12-13H,6-11,17H2,1H3;1H. The highest BCUT2D eigenvalue weighted by Gasteiger charge is 2.21. The molecule has 20 heavy (non-hydrogen) atoms. The summed E-state index contributed by atoms with van der Waals surface area (Å²) in [6.07, 6.45) is 2.30. The zero-order valence-corrected chi connectivity index (χ0v) is 12.7. The van der Waals surface area contributed by atoms with Crippen molar-refractivity contribution in [2.24, 2.45) is 11.7 Å². The van der Waals surface area contributed by atoms with E-state index in [9.17, 15) is 4.39 Å². The molecule has 114 valence electrons. The highest BCUT2D eigenvalue weighted by molar-refractivity contribution is 5.85. The first-order valence-electron chi connectivity index (χ1n) is 7.02. The third-order valence-corrected chi connectivity index (χ3v) is 3.88. The Morgan fingerprint density at radius 3 is 2.60 bits per heavy atom. The van der Waals surface area contributed by atoms with Crippen LogP contribution >= 0.6 is 12.4 Å². The fourth-order valence-corrected chi connectivity index (χ4v) is 2.55. The second-order valence-corrected chi connectivity index (χ2v) is 5.32. The number of nitrogens with two attached hydrogens (primary N) is 1. The summed E-state index contributed by atoms with van der Waals surface area (Å²) in [6.45, 7) is 5.59. The van der Waals surface area contributed by atoms with E-state index in [1.54, 1.807) is 18.2 Å². The molecule has 0 spiro atoms. The van der Waals surface area contributed by atoms with Gasteiger partial charge in [0, 0.05) is 12.6 Å². The summed E-state index contributed by atoms with van der Waals surface area (Å²) in [5.41, 5.74) is 5.92. The third-order valence-electron chi connectivity index (χ3n) is 3.88. The second kappa shape index (κ2) is 8.45. The Balaban J connectivity index is 0.00000200. The fraction of sp³-hybridized carbons (Fsp3) is 0.600.